The number of nitrogens with one attached hydrogen (secondary N) is 1. The summed E-state index contributed by atoms with van der Waals surface area (Å²) in [6.45, 7) is 1.71. The van der Waals surface area contributed by atoms with Gasteiger partial charge in [0.2, 0.25) is 11.8 Å². The predicted molar refractivity (Wildman–Crippen MR) is 212 cm³/mol. The van der Waals surface area contributed by atoms with Gasteiger partial charge in [-0.3, -0.25) is 29.4 Å². The van der Waals surface area contributed by atoms with E-state index in [2.05, 4.69) is 15.3 Å². The van der Waals surface area contributed by atoms with Crippen molar-refractivity contribution in [1.82, 2.24) is 29.7 Å². The van der Waals surface area contributed by atoms with Crippen LogP contribution < -0.4 is 21.1 Å². The van der Waals surface area contributed by atoms with Crippen LogP contribution in [-0.2, 0) is 25.2 Å². The molecule has 58 heavy (non-hydrogen) atoms. The molecule has 3 aromatic heterocycles. The maximum absolute atomic E-state index is 16.1. The second kappa shape index (κ2) is 15.0. The number of piperidine rings is 1. The Morgan fingerprint density at radius 2 is 1.62 bits per heavy atom. The monoisotopic (exact) mass is 800 g/mol. The summed E-state index contributed by atoms with van der Waals surface area (Å²) >= 11 is 0. The van der Waals surface area contributed by atoms with Gasteiger partial charge in [-0.1, -0.05) is 48.2 Å². The van der Waals surface area contributed by atoms with Crippen LogP contribution in [-0.4, -0.2) is 82.6 Å². The summed E-state index contributed by atoms with van der Waals surface area (Å²) in [7, 11) is 0.0229. The molecule has 1 N–H and O–H groups in total. The van der Waals surface area contributed by atoms with Crippen molar-refractivity contribution in [2.45, 2.75) is 38.0 Å². The van der Waals surface area contributed by atoms with Crippen molar-refractivity contribution >= 4 is 74.2 Å². The van der Waals surface area contributed by atoms with E-state index >= 15 is 8.78 Å². The maximum Gasteiger partial charge on any atom is 0.262 e. The zero-order chi connectivity index (χ0) is 40.9. The van der Waals surface area contributed by atoms with Crippen molar-refractivity contribution in [2.75, 3.05) is 17.7 Å². The fourth-order valence-corrected chi connectivity index (χ4v) is 8.81. The molecule has 5 heterocycles. The summed E-state index contributed by atoms with van der Waals surface area (Å²) in [5.41, 5.74) is 3.78. The fraction of sp³-hybridized carbons (Fsp3) is 0.195. The van der Waals surface area contributed by atoms with Crippen LogP contribution in [0.3, 0.4) is 0 Å². The smallest absolute Gasteiger partial charge is 0.262 e. The molecule has 13 nitrogen and oxygen atoms in total. The Morgan fingerprint density at radius 3 is 2.34 bits per heavy atom. The number of carbonyl (C=O) groups is 4. The molecule has 2 aliphatic heterocycles. The molecule has 0 spiro atoms. The van der Waals surface area contributed by atoms with Gasteiger partial charge in [-0.25, -0.2) is 32.2 Å². The third-order valence-electron chi connectivity index (χ3n) is 10.2. The van der Waals surface area contributed by atoms with E-state index in [1.807, 2.05) is 43.5 Å². The summed E-state index contributed by atoms with van der Waals surface area (Å²) in [6, 6.07) is 16.9. The van der Waals surface area contributed by atoms with Gasteiger partial charge in [0.1, 0.15) is 29.7 Å². The van der Waals surface area contributed by atoms with Gasteiger partial charge >= 0.3 is 0 Å². The molecule has 2 aliphatic rings. The molecular formula is C41H33BF2N7O6S. The number of sulfone groups is 1. The van der Waals surface area contributed by atoms with Crippen LogP contribution in [0.15, 0.2) is 91.6 Å². The minimum atomic E-state index is -3.63. The number of fused-ring (bicyclic) bond motifs is 2. The first kappa shape index (κ1) is 38.3. The summed E-state index contributed by atoms with van der Waals surface area (Å²) in [6.07, 6.45) is 6.48. The highest BCUT2D eigenvalue weighted by molar-refractivity contribution is 7.90. The molecule has 0 bridgehead atoms. The molecule has 3 aromatic carbocycles. The number of hydrogen-bond acceptors (Lipinski definition) is 10. The van der Waals surface area contributed by atoms with Crippen molar-refractivity contribution in [1.29, 1.82) is 0 Å². The lowest BCUT2D eigenvalue weighted by atomic mass is 9.63. The van der Waals surface area contributed by atoms with E-state index in [0.717, 1.165) is 28.2 Å². The first-order valence-electron chi connectivity index (χ1n) is 18.3. The second-order valence-corrected chi connectivity index (χ2v) is 16.3. The molecule has 1 fully saturated rings. The largest absolute Gasteiger partial charge is 0.329 e. The molecule has 1 atom stereocenters. The minimum absolute atomic E-state index is 0.0321. The predicted octanol–water partition coefficient (Wildman–Crippen LogP) is 3.91. The van der Waals surface area contributed by atoms with Crippen molar-refractivity contribution in [3.8, 4) is 16.8 Å². The van der Waals surface area contributed by atoms with Gasteiger partial charge in [0, 0.05) is 54.4 Å². The van der Waals surface area contributed by atoms with E-state index in [1.165, 1.54) is 17.1 Å². The Kier molecular flexibility index (Phi) is 9.92. The number of benzene rings is 3. The molecule has 0 saturated carbocycles. The topological polar surface area (TPSA) is 165 Å². The van der Waals surface area contributed by atoms with Crippen molar-refractivity contribution in [3.05, 3.63) is 120 Å². The van der Waals surface area contributed by atoms with Gasteiger partial charge in [-0.2, -0.15) is 0 Å². The summed E-state index contributed by atoms with van der Waals surface area (Å²) in [5.74, 6) is -4.34. The number of halogens is 2. The first-order chi connectivity index (χ1) is 27.8. The van der Waals surface area contributed by atoms with Crippen LogP contribution in [0.2, 0.25) is 0 Å². The fourth-order valence-electron chi connectivity index (χ4n) is 7.35. The normalized spacial score (nSPS) is 15.5. The lowest BCUT2D eigenvalue weighted by molar-refractivity contribution is -0.136. The third kappa shape index (κ3) is 7.01. The number of anilines is 2. The minimum Gasteiger partial charge on any atom is -0.329 e. The molecule has 17 heteroatoms. The number of imide groups is 2. The van der Waals surface area contributed by atoms with Gasteiger partial charge < -0.3 is 9.47 Å². The van der Waals surface area contributed by atoms with Crippen molar-refractivity contribution in [3.63, 3.8) is 0 Å². The average molecular weight is 801 g/mol. The van der Waals surface area contributed by atoms with E-state index in [0.29, 0.717) is 39.9 Å². The molecule has 1 unspecified atom stereocenters. The van der Waals surface area contributed by atoms with Gasteiger partial charge in [-0.15, -0.1) is 0 Å². The van der Waals surface area contributed by atoms with Crippen LogP contribution in [0.25, 0.3) is 27.8 Å². The molecule has 1 radical (unpaired) electrons. The van der Waals surface area contributed by atoms with Gasteiger partial charge in [0.05, 0.1) is 33.7 Å². The zero-order valence-corrected chi connectivity index (χ0v) is 32.0. The van der Waals surface area contributed by atoms with Gasteiger partial charge in [0.15, 0.2) is 22.9 Å². The average Bonchev–Trinajstić information content (AvgIpc) is 3.69. The second-order valence-electron chi connectivity index (χ2n) is 14.1. The Morgan fingerprint density at radius 1 is 0.897 bits per heavy atom. The Balaban J connectivity index is 1.07. The van der Waals surface area contributed by atoms with Crippen molar-refractivity contribution < 1.29 is 36.4 Å². The lowest BCUT2D eigenvalue weighted by Crippen LogP contribution is -2.54. The highest BCUT2D eigenvalue weighted by atomic mass is 32.2. The van der Waals surface area contributed by atoms with Crippen LogP contribution in [0.1, 0.15) is 52.5 Å². The molecule has 0 aliphatic carbocycles. The molecule has 1 saturated heterocycles. The summed E-state index contributed by atoms with van der Waals surface area (Å²) < 4.78 is 58.1. The van der Waals surface area contributed by atoms with E-state index in [9.17, 15) is 27.6 Å². The van der Waals surface area contributed by atoms with E-state index in [1.54, 1.807) is 49.6 Å². The number of amides is 4. The van der Waals surface area contributed by atoms with E-state index in [4.69, 9.17) is 4.98 Å². The SMILES string of the molecule is CCCS(=O)(=O)Cc1ccc(F)c(-n2cc(-c3cncnc3)c3nc(N(C)c4ccc([B]c5ccc6c(c5)C(=O)N(C5CCC(=O)NC5=O)C6=O)cc4)ccc32)c1F. The van der Waals surface area contributed by atoms with E-state index in [-0.39, 0.29) is 35.3 Å². The summed E-state index contributed by atoms with van der Waals surface area (Å²) in [4.78, 5) is 66.4. The molecule has 8 rings (SSSR count). The zero-order valence-electron chi connectivity index (χ0n) is 31.1. The number of pyridine rings is 1. The van der Waals surface area contributed by atoms with Gasteiger partial charge in [-0.05, 0) is 49.2 Å². The van der Waals surface area contributed by atoms with Gasteiger partial charge in [0.25, 0.3) is 11.8 Å². The van der Waals surface area contributed by atoms with Crippen LogP contribution in [0, 0.1) is 11.6 Å². The molecule has 4 amide bonds. The number of rotatable bonds is 11. The quantitative estimate of drug-likeness (QED) is 0.150. The Bertz CT molecular complexity index is 2780. The third-order valence-corrected chi connectivity index (χ3v) is 12.0. The standard InChI is InChI=1S/C41H33BF2N7O6S/c1-3-16-58(56,57)21-23-4-11-31(43)38(36(23)44)50-20-30(24-18-45-22-46-19-24)37-32(50)12-14-34(47-37)49(2)27-8-5-25(6-9-27)42-26-7-10-28-29(17-26)41(55)51(40(28)54)33-13-15-35(52)48-39(33)53/h4-12,14,17-20,22,33H,3,13,15-16,21H2,1-2H3,(H,48,52,53). The summed E-state index contributed by atoms with van der Waals surface area (Å²) in [5, 5.41) is 2.20. The van der Waals surface area contributed by atoms with E-state index < -0.39 is 62.6 Å². The molecule has 6 aromatic rings. The van der Waals surface area contributed by atoms with Crippen molar-refractivity contribution in [2.24, 2.45) is 0 Å². The van der Waals surface area contributed by atoms with Crippen LogP contribution >= 0.6 is 0 Å². The lowest BCUT2D eigenvalue weighted by Gasteiger charge is -2.27. The number of carbonyl (C=O) groups excluding carboxylic acids is 4. The molecule has 291 valence electrons. The first-order valence-corrected chi connectivity index (χ1v) is 20.1. The highest BCUT2D eigenvalue weighted by Crippen LogP contribution is 2.36. The Hall–Kier alpha value is -6.62. The maximum atomic E-state index is 16.1. The highest BCUT2D eigenvalue weighted by Gasteiger charge is 2.44. The Labute approximate surface area is 331 Å². The number of nitrogens with zero attached hydrogens (tertiary/aromatic N) is 6. The molecular weight excluding hydrogens is 767 g/mol. The number of aromatic nitrogens is 4. The number of hydrogen-bond donors (Lipinski definition) is 1. The van der Waals surface area contributed by atoms with Crippen LogP contribution in [0.4, 0.5) is 20.3 Å². The van der Waals surface area contributed by atoms with Crippen LogP contribution in [0.5, 0.6) is 0 Å².